The SMILES string of the molecule is Cc1ccc(S(=O)(=O)NCCc2nnc(NC(=O)C3CC(=O)N(c4ccccc4C)C3)s2)cc1. The fourth-order valence-corrected chi connectivity index (χ4v) is 5.46. The highest BCUT2D eigenvalue weighted by atomic mass is 32.2. The third-order valence-corrected chi connectivity index (χ3v) is 7.94. The fraction of sp³-hybridized carbons (Fsp3) is 0.304. The zero-order chi connectivity index (χ0) is 24.3. The number of carbonyl (C=O) groups is 2. The highest BCUT2D eigenvalue weighted by Gasteiger charge is 2.36. The maximum Gasteiger partial charge on any atom is 0.240 e. The lowest BCUT2D eigenvalue weighted by atomic mass is 10.1. The van der Waals surface area contributed by atoms with Crippen molar-refractivity contribution in [1.82, 2.24) is 14.9 Å². The van der Waals surface area contributed by atoms with Crippen LogP contribution in [0.5, 0.6) is 0 Å². The number of anilines is 2. The van der Waals surface area contributed by atoms with Crippen LogP contribution >= 0.6 is 11.3 Å². The van der Waals surface area contributed by atoms with E-state index in [9.17, 15) is 18.0 Å². The van der Waals surface area contributed by atoms with Crippen molar-refractivity contribution in [1.29, 1.82) is 0 Å². The van der Waals surface area contributed by atoms with Crippen molar-refractivity contribution >= 4 is 44.0 Å². The van der Waals surface area contributed by atoms with Crippen molar-refractivity contribution in [3.05, 3.63) is 64.7 Å². The predicted octanol–water partition coefficient (Wildman–Crippen LogP) is 2.67. The van der Waals surface area contributed by atoms with Gasteiger partial charge in [-0.1, -0.05) is 47.2 Å². The van der Waals surface area contributed by atoms with Crippen LogP contribution in [0, 0.1) is 19.8 Å². The van der Waals surface area contributed by atoms with Gasteiger partial charge >= 0.3 is 0 Å². The Balaban J connectivity index is 1.30. The van der Waals surface area contributed by atoms with Crippen molar-refractivity contribution in [2.45, 2.75) is 31.6 Å². The van der Waals surface area contributed by atoms with Crippen molar-refractivity contribution < 1.29 is 18.0 Å². The average Bonchev–Trinajstić information content (AvgIpc) is 3.40. The van der Waals surface area contributed by atoms with Gasteiger partial charge in [0.15, 0.2) is 0 Å². The molecule has 0 radical (unpaired) electrons. The molecule has 1 aliphatic rings. The predicted molar refractivity (Wildman–Crippen MR) is 130 cm³/mol. The molecule has 2 aromatic carbocycles. The minimum Gasteiger partial charge on any atom is -0.311 e. The van der Waals surface area contributed by atoms with Gasteiger partial charge in [-0.05, 0) is 37.6 Å². The first-order chi connectivity index (χ1) is 16.2. The van der Waals surface area contributed by atoms with Crippen molar-refractivity contribution in [3.63, 3.8) is 0 Å². The number of carbonyl (C=O) groups excluding carboxylic acids is 2. The lowest BCUT2D eigenvalue weighted by Gasteiger charge is -2.18. The van der Waals surface area contributed by atoms with Crippen LogP contribution in [0.4, 0.5) is 10.8 Å². The molecule has 1 saturated heterocycles. The summed E-state index contributed by atoms with van der Waals surface area (Å²) in [5.74, 6) is -0.860. The number of hydrogen-bond donors (Lipinski definition) is 2. The number of aryl methyl sites for hydroxylation is 2. The largest absolute Gasteiger partial charge is 0.311 e. The minimum absolute atomic E-state index is 0.0896. The highest BCUT2D eigenvalue weighted by molar-refractivity contribution is 7.89. The van der Waals surface area contributed by atoms with Crippen LogP contribution in [0.2, 0.25) is 0 Å². The Morgan fingerprint density at radius 2 is 1.85 bits per heavy atom. The molecule has 178 valence electrons. The summed E-state index contributed by atoms with van der Waals surface area (Å²) in [5.41, 5.74) is 2.77. The van der Waals surface area contributed by atoms with Crippen molar-refractivity contribution in [3.8, 4) is 0 Å². The van der Waals surface area contributed by atoms with Gasteiger partial charge in [0.25, 0.3) is 0 Å². The summed E-state index contributed by atoms with van der Waals surface area (Å²) in [7, 11) is -3.61. The average molecular weight is 500 g/mol. The quantitative estimate of drug-likeness (QED) is 0.492. The van der Waals surface area contributed by atoms with Crippen LogP contribution in [0.15, 0.2) is 53.4 Å². The van der Waals surface area contributed by atoms with E-state index in [1.54, 1.807) is 29.2 Å². The second-order valence-corrected chi connectivity index (χ2v) is 11.0. The number of aromatic nitrogens is 2. The van der Waals surface area contributed by atoms with E-state index >= 15 is 0 Å². The number of nitrogens with one attached hydrogen (secondary N) is 2. The molecule has 9 nitrogen and oxygen atoms in total. The number of rotatable bonds is 8. The van der Waals surface area contributed by atoms with Crippen LogP contribution in [0.3, 0.4) is 0 Å². The Kier molecular flexibility index (Phi) is 7.05. The summed E-state index contributed by atoms with van der Waals surface area (Å²) < 4.78 is 27.3. The summed E-state index contributed by atoms with van der Waals surface area (Å²) in [4.78, 5) is 27.0. The molecule has 4 rings (SSSR count). The Bertz CT molecular complexity index is 1300. The Morgan fingerprint density at radius 3 is 2.59 bits per heavy atom. The molecule has 1 atom stereocenters. The third kappa shape index (κ3) is 5.49. The fourth-order valence-electron chi connectivity index (χ4n) is 3.69. The molecule has 1 unspecified atom stereocenters. The summed E-state index contributed by atoms with van der Waals surface area (Å²) in [5, 5.41) is 11.7. The van der Waals surface area contributed by atoms with E-state index in [-0.39, 0.29) is 29.7 Å². The first-order valence-electron chi connectivity index (χ1n) is 10.8. The van der Waals surface area contributed by atoms with Crippen LogP contribution in [-0.4, -0.2) is 43.5 Å². The second kappa shape index (κ2) is 10.00. The van der Waals surface area contributed by atoms with Crippen LogP contribution in [0.25, 0.3) is 0 Å². The summed E-state index contributed by atoms with van der Waals surface area (Å²) in [6.45, 7) is 4.28. The molecule has 1 aromatic heterocycles. The molecule has 0 aliphatic carbocycles. The molecule has 1 aliphatic heterocycles. The van der Waals surface area contributed by atoms with Gasteiger partial charge in [-0.25, -0.2) is 13.1 Å². The lowest BCUT2D eigenvalue weighted by Crippen LogP contribution is -2.28. The zero-order valence-electron chi connectivity index (χ0n) is 18.8. The van der Waals surface area contributed by atoms with Gasteiger partial charge < -0.3 is 10.2 Å². The topological polar surface area (TPSA) is 121 Å². The number of hydrogen-bond acceptors (Lipinski definition) is 7. The molecule has 1 fully saturated rings. The zero-order valence-corrected chi connectivity index (χ0v) is 20.4. The molecular weight excluding hydrogens is 474 g/mol. The monoisotopic (exact) mass is 499 g/mol. The standard InChI is InChI=1S/C23H25N5O4S2/c1-15-7-9-18(10-8-15)34(31,32)24-12-11-20-26-27-23(33-20)25-22(30)17-13-21(29)28(14-17)19-6-4-3-5-16(19)2/h3-10,17,24H,11-14H2,1-2H3,(H,25,27,30). The van der Waals surface area contributed by atoms with E-state index in [4.69, 9.17) is 0 Å². The van der Waals surface area contributed by atoms with Gasteiger partial charge in [0.05, 0.1) is 10.8 Å². The number of sulfonamides is 1. The Morgan fingerprint density at radius 1 is 1.12 bits per heavy atom. The highest BCUT2D eigenvalue weighted by Crippen LogP contribution is 2.28. The molecule has 2 N–H and O–H groups in total. The number of benzene rings is 2. The first kappa shape index (κ1) is 24.0. The second-order valence-electron chi connectivity index (χ2n) is 8.14. The molecule has 2 amide bonds. The molecule has 0 bridgehead atoms. The van der Waals surface area contributed by atoms with Gasteiger partial charge in [0.2, 0.25) is 27.0 Å². The van der Waals surface area contributed by atoms with Crippen molar-refractivity contribution in [2.24, 2.45) is 5.92 Å². The number of para-hydroxylation sites is 1. The van der Waals surface area contributed by atoms with E-state index in [0.29, 0.717) is 23.1 Å². The molecule has 34 heavy (non-hydrogen) atoms. The van der Waals surface area contributed by atoms with Crippen LogP contribution in [-0.2, 0) is 26.0 Å². The van der Waals surface area contributed by atoms with E-state index in [1.165, 1.54) is 11.3 Å². The smallest absolute Gasteiger partial charge is 0.240 e. The first-order valence-corrected chi connectivity index (χ1v) is 13.1. The number of amides is 2. The minimum atomic E-state index is -3.61. The molecular formula is C23H25N5O4S2. The maximum atomic E-state index is 12.7. The van der Waals surface area contributed by atoms with E-state index < -0.39 is 15.9 Å². The van der Waals surface area contributed by atoms with Gasteiger partial charge in [0, 0.05) is 31.6 Å². The lowest BCUT2D eigenvalue weighted by molar-refractivity contribution is -0.122. The van der Waals surface area contributed by atoms with Crippen molar-refractivity contribution in [2.75, 3.05) is 23.3 Å². The van der Waals surface area contributed by atoms with Crippen LogP contribution in [0.1, 0.15) is 22.6 Å². The number of nitrogens with zero attached hydrogens (tertiary/aromatic N) is 3. The van der Waals surface area contributed by atoms with Gasteiger partial charge in [-0.2, -0.15) is 0 Å². The normalized spacial score (nSPS) is 16.1. The molecule has 3 aromatic rings. The van der Waals surface area contributed by atoms with Gasteiger partial charge in [-0.3, -0.25) is 9.59 Å². The van der Waals surface area contributed by atoms with E-state index in [0.717, 1.165) is 16.8 Å². The summed E-state index contributed by atoms with van der Waals surface area (Å²) in [6, 6.07) is 14.2. The molecule has 2 heterocycles. The third-order valence-electron chi connectivity index (χ3n) is 5.56. The summed E-state index contributed by atoms with van der Waals surface area (Å²) in [6.07, 6.45) is 0.466. The Labute approximate surface area is 202 Å². The molecule has 11 heteroatoms. The maximum absolute atomic E-state index is 12.7. The molecule has 0 saturated carbocycles. The van der Waals surface area contributed by atoms with Crippen LogP contribution < -0.4 is 14.9 Å². The van der Waals surface area contributed by atoms with Gasteiger partial charge in [-0.15, -0.1) is 10.2 Å². The summed E-state index contributed by atoms with van der Waals surface area (Å²) >= 11 is 1.18. The molecule has 0 spiro atoms. The Hall–Kier alpha value is -3.15. The van der Waals surface area contributed by atoms with E-state index in [1.807, 2.05) is 38.1 Å². The van der Waals surface area contributed by atoms with Gasteiger partial charge in [0.1, 0.15) is 5.01 Å². The van der Waals surface area contributed by atoms with E-state index in [2.05, 4.69) is 20.2 Å².